The lowest BCUT2D eigenvalue weighted by molar-refractivity contribution is 0.112. The van der Waals surface area contributed by atoms with Crippen LogP contribution in [-0.4, -0.2) is 15.5 Å². The first-order valence-electron chi connectivity index (χ1n) is 6.08. The number of nitrogens with one attached hydrogen (secondary N) is 1. The van der Waals surface area contributed by atoms with Crippen LogP contribution in [0.5, 0.6) is 0 Å². The molecule has 0 heterocycles. The Morgan fingerprint density at radius 1 is 1.10 bits per heavy atom. The minimum Gasteiger partial charge on any atom is -0.306 e. The normalized spacial score (nSPS) is 13.0. The van der Waals surface area contributed by atoms with E-state index in [0.29, 0.717) is 17.0 Å². The van der Waals surface area contributed by atoms with Gasteiger partial charge in [0.25, 0.3) is 0 Å². The minimum absolute atomic E-state index is 0.326. The van der Waals surface area contributed by atoms with Crippen molar-refractivity contribution in [3.8, 4) is 0 Å². The summed E-state index contributed by atoms with van der Waals surface area (Å²) in [5.74, 6) is 0.326. The lowest BCUT2D eigenvalue weighted by Crippen LogP contribution is -2.15. The van der Waals surface area contributed by atoms with E-state index >= 15 is 0 Å². The minimum atomic E-state index is -2.55. The molecule has 0 aliphatic heterocycles. The largest absolute Gasteiger partial charge is 0.306 e. The van der Waals surface area contributed by atoms with Gasteiger partial charge in [0.05, 0.1) is 15.5 Å². The molecule has 102 valence electrons. The summed E-state index contributed by atoms with van der Waals surface area (Å²) in [6.07, 6.45) is 0.769. The lowest BCUT2D eigenvalue weighted by atomic mass is 10.2. The second-order valence-corrected chi connectivity index (χ2v) is 6.42. The van der Waals surface area contributed by atoms with Gasteiger partial charge < -0.3 is 4.72 Å². The van der Waals surface area contributed by atoms with Gasteiger partial charge in [0.15, 0.2) is 0 Å². The maximum Gasteiger partial charge on any atom is 0.150 e. The first-order chi connectivity index (χ1) is 9.65. The van der Waals surface area contributed by atoms with E-state index in [1.165, 1.54) is 0 Å². The van der Waals surface area contributed by atoms with Crippen LogP contribution in [0.3, 0.4) is 0 Å². The van der Waals surface area contributed by atoms with Crippen molar-refractivity contribution in [3.05, 3.63) is 72.3 Å². The molecule has 0 amide bonds. The Labute approximate surface area is 119 Å². The highest BCUT2D eigenvalue weighted by Gasteiger charge is 2.07. The molecule has 3 nitrogen and oxygen atoms in total. The van der Waals surface area contributed by atoms with Gasteiger partial charge in [0.2, 0.25) is 0 Å². The van der Waals surface area contributed by atoms with Crippen molar-refractivity contribution in [3.63, 3.8) is 0 Å². The molecule has 1 unspecified atom stereocenters. The lowest BCUT2D eigenvalue weighted by Gasteiger charge is -2.12. The number of hydrogen-bond acceptors (Lipinski definition) is 2. The Bertz CT molecular complexity index is 723. The van der Waals surface area contributed by atoms with Crippen LogP contribution >= 0.6 is 0 Å². The third kappa shape index (κ3) is 3.60. The van der Waals surface area contributed by atoms with Gasteiger partial charge in [0.1, 0.15) is 6.29 Å². The number of carbonyl (C=O) groups excluding carboxylic acids is 1. The summed E-state index contributed by atoms with van der Waals surface area (Å²) in [5, 5.41) is 2.60. The maximum atomic E-state index is 12.7. The highest BCUT2D eigenvalue weighted by Crippen LogP contribution is 2.13. The Morgan fingerprint density at radius 3 is 2.30 bits per heavy atom. The molecule has 2 rings (SSSR count). The van der Waals surface area contributed by atoms with E-state index in [0.717, 1.165) is 11.8 Å². The van der Waals surface area contributed by atoms with Crippen LogP contribution in [0.15, 0.2) is 61.2 Å². The molecule has 0 aromatic heterocycles. The molecular weight excluding hydrogens is 270 g/mol. The molecule has 4 heteroatoms. The number of anilines is 1. The average Bonchev–Trinajstić information content (AvgIpc) is 2.49. The standard InChI is InChI=1S/C16H15NO2S/c1-2-20(19,13-15-6-4-3-5-7-15)17-16-10-8-14(12-18)9-11-16/h3-12H,1,13H2,(H,17,19). The molecule has 0 saturated heterocycles. The molecule has 0 fully saturated rings. The first-order valence-corrected chi connectivity index (χ1v) is 7.80. The van der Waals surface area contributed by atoms with E-state index in [9.17, 15) is 9.00 Å². The van der Waals surface area contributed by atoms with Crippen molar-refractivity contribution in [1.82, 2.24) is 0 Å². The number of benzene rings is 2. The van der Waals surface area contributed by atoms with Crippen molar-refractivity contribution in [2.45, 2.75) is 5.75 Å². The van der Waals surface area contributed by atoms with Crippen LogP contribution in [0.2, 0.25) is 0 Å². The summed E-state index contributed by atoms with van der Waals surface area (Å²) in [6.45, 7) is 3.54. The fourth-order valence-corrected chi connectivity index (χ4v) is 3.18. The van der Waals surface area contributed by atoms with E-state index in [1.54, 1.807) is 24.3 Å². The summed E-state index contributed by atoms with van der Waals surface area (Å²) in [7, 11) is -2.55. The zero-order chi connectivity index (χ0) is 14.4. The van der Waals surface area contributed by atoms with Gasteiger partial charge in [-0.1, -0.05) is 30.3 Å². The molecule has 2 aromatic carbocycles. The predicted molar refractivity (Wildman–Crippen MR) is 84.4 cm³/mol. The number of hydrogen-bond donors (Lipinski definition) is 1. The van der Waals surface area contributed by atoms with Crippen LogP contribution in [0.4, 0.5) is 5.69 Å². The van der Waals surface area contributed by atoms with Crippen LogP contribution in [0.25, 0.3) is 0 Å². The van der Waals surface area contributed by atoms with Gasteiger partial charge >= 0.3 is 0 Å². The molecule has 20 heavy (non-hydrogen) atoms. The monoisotopic (exact) mass is 285 g/mol. The number of rotatable bonds is 5. The van der Waals surface area contributed by atoms with Crippen molar-refractivity contribution >= 4 is 26.7 Å². The average molecular weight is 285 g/mol. The van der Waals surface area contributed by atoms with E-state index in [1.807, 2.05) is 30.3 Å². The van der Waals surface area contributed by atoms with Gasteiger partial charge in [-0.05, 0) is 41.4 Å². The van der Waals surface area contributed by atoms with Gasteiger partial charge in [-0.25, -0.2) is 4.21 Å². The summed E-state index contributed by atoms with van der Waals surface area (Å²) in [5.41, 5.74) is 2.20. The molecule has 0 aliphatic rings. The van der Waals surface area contributed by atoms with Crippen LogP contribution < -0.4 is 4.72 Å². The van der Waals surface area contributed by atoms with Crippen molar-refractivity contribution in [1.29, 1.82) is 0 Å². The number of carbonyl (C=O) groups is 1. The molecule has 0 spiro atoms. The third-order valence-corrected chi connectivity index (χ3v) is 4.55. The second-order valence-electron chi connectivity index (χ2n) is 4.29. The number of aldehydes is 1. The molecule has 0 radical (unpaired) electrons. The molecule has 0 bridgehead atoms. The molecule has 1 N–H and O–H groups in total. The molecule has 2 aromatic rings. The molecule has 0 saturated carbocycles. The van der Waals surface area contributed by atoms with E-state index in [2.05, 4.69) is 16.3 Å². The van der Waals surface area contributed by atoms with Crippen LogP contribution in [0, 0.1) is 0 Å². The van der Waals surface area contributed by atoms with Gasteiger partial charge in [-0.2, -0.15) is 0 Å². The van der Waals surface area contributed by atoms with E-state index in [-0.39, 0.29) is 0 Å². The quantitative estimate of drug-likeness (QED) is 0.678. The zero-order valence-corrected chi connectivity index (χ0v) is 11.7. The SMILES string of the molecule is C=C=S(=O)(Cc1ccccc1)Nc1ccc(C=O)cc1. The fraction of sp³-hybridized carbons (Fsp3) is 0.0625. The summed E-state index contributed by atoms with van der Waals surface area (Å²) < 4.78 is 15.6. The Hall–Kier alpha value is -2.29. The van der Waals surface area contributed by atoms with Crippen molar-refractivity contribution in [2.24, 2.45) is 0 Å². The Morgan fingerprint density at radius 2 is 1.75 bits per heavy atom. The zero-order valence-electron chi connectivity index (χ0n) is 10.9. The van der Waals surface area contributed by atoms with Crippen molar-refractivity contribution < 1.29 is 9.00 Å². The van der Waals surface area contributed by atoms with Crippen LogP contribution in [-0.2, 0) is 15.5 Å². The molecular formula is C16H15NO2S. The highest BCUT2D eigenvalue weighted by atomic mass is 32.2. The maximum absolute atomic E-state index is 12.7. The molecule has 1 atom stereocenters. The Kier molecular flexibility index (Phi) is 4.41. The third-order valence-electron chi connectivity index (χ3n) is 2.78. The van der Waals surface area contributed by atoms with Gasteiger partial charge in [0, 0.05) is 11.3 Å². The second kappa shape index (κ2) is 6.24. The highest BCUT2D eigenvalue weighted by molar-refractivity contribution is 8.01. The van der Waals surface area contributed by atoms with Crippen molar-refractivity contribution in [2.75, 3.05) is 4.72 Å². The summed E-state index contributed by atoms with van der Waals surface area (Å²) in [6, 6.07) is 16.3. The Balaban J connectivity index is 2.21. The summed E-state index contributed by atoms with van der Waals surface area (Å²) in [4.78, 5) is 10.6. The predicted octanol–water partition coefficient (Wildman–Crippen LogP) is 2.90. The topological polar surface area (TPSA) is 46.2 Å². The van der Waals surface area contributed by atoms with E-state index < -0.39 is 9.71 Å². The fourth-order valence-electron chi connectivity index (χ4n) is 1.75. The smallest absolute Gasteiger partial charge is 0.150 e. The van der Waals surface area contributed by atoms with Crippen LogP contribution in [0.1, 0.15) is 15.9 Å². The first kappa shape index (κ1) is 14.1. The van der Waals surface area contributed by atoms with Gasteiger partial charge in [-0.15, -0.1) is 0 Å². The van der Waals surface area contributed by atoms with E-state index in [4.69, 9.17) is 0 Å². The summed E-state index contributed by atoms with van der Waals surface area (Å²) >= 11 is 0. The van der Waals surface area contributed by atoms with Gasteiger partial charge in [-0.3, -0.25) is 4.79 Å². The molecule has 0 aliphatic carbocycles.